The molecular formula is C16H15BrN2OS. The highest BCUT2D eigenvalue weighted by Gasteiger charge is 2.12. The van der Waals surface area contributed by atoms with Crippen LogP contribution in [-0.4, -0.2) is 10.9 Å². The summed E-state index contributed by atoms with van der Waals surface area (Å²) < 4.78 is 1.08. The summed E-state index contributed by atoms with van der Waals surface area (Å²) in [5.74, 6) is 0.0485. The summed E-state index contributed by atoms with van der Waals surface area (Å²) in [6.45, 7) is 2.59. The molecule has 0 atom stereocenters. The number of halogens is 1. The molecule has 1 amide bonds. The van der Waals surface area contributed by atoms with Gasteiger partial charge in [0.15, 0.2) is 0 Å². The largest absolute Gasteiger partial charge is 0.358 e. The Morgan fingerprint density at radius 1 is 1.29 bits per heavy atom. The zero-order valence-electron chi connectivity index (χ0n) is 11.6. The average molecular weight is 363 g/mol. The summed E-state index contributed by atoms with van der Waals surface area (Å²) in [6.07, 6.45) is 0.405. The number of carbonyl (C=O) groups is 1. The lowest BCUT2D eigenvalue weighted by atomic mass is 10.1. The minimum atomic E-state index is 0.0485. The standard InChI is InChI=1S/C16H15BrN2OS/c1-10-13(12-4-2-3-5-14(12)19-10)8-16(20)18-9-11-6-7-15(17)21-11/h2-7,19H,8-9H2,1H3,(H,18,20). The molecule has 0 saturated carbocycles. The number of H-pyrrole nitrogens is 1. The van der Waals surface area contributed by atoms with E-state index in [2.05, 4.69) is 32.3 Å². The second-order valence-electron chi connectivity index (χ2n) is 4.93. The quantitative estimate of drug-likeness (QED) is 0.718. The summed E-state index contributed by atoms with van der Waals surface area (Å²) in [5.41, 5.74) is 3.22. The Bertz CT molecular complexity index is 791. The molecule has 0 bridgehead atoms. The fourth-order valence-corrected chi connectivity index (χ4v) is 3.84. The van der Waals surface area contributed by atoms with Gasteiger partial charge >= 0.3 is 0 Å². The number of aromatic nitrogens is 1. The van der Waals surface area contributed by atoms with Crippen molar-refractivity contribution in [2.24, 2.45) is 0 Å². The first-order valence-corrected chi connectivity index (χ1v) is 8.31. The Morgan fingerprint density at radius 2 is 2.10 bits per heavy atom. The van der Waals surface area contributed by atoms with Crippen LogP contribution >= 0.6 is 27.3 Å². The number of hydrogen-bond acceptors (Lipinski definition) is 2. The minimum Gasteiger partial charge on any atom is -0.358 e. The van der Waals surface area contributed by atoms with Gasteiger partial charge in [0.2, 0.25) is 5.91 Å². The molecule has 2 heterocycles. The number of carbonyl (C=O) groups excluding carboxylic acids is 1. The second-order valence-corrected chi connectivity index (χ2v) is 7.48. The maximum atomic E-state index is 12.2. The van der Waals surface area contributed by atoms with Gasteiger partial charge in [-0.3, -0.25) is 4.79 Å². The van der Waals surface area contributed by atoms with Crippen LogP contribution in [0.2, 0.25) is 0 Å². The molecule has 0 spiro atoms. The van der Waals surface area contributed by atoms with Crippen molar-refractivity contribution in [3.05, 3.63) is 56.3 Å². The van der Waals surface area contributed by atoms with Gasteiger partial charge in [0.05, 0.1) is 16.8 Å². The molecule has 0 fully saturated rings. The molecule has 0 aliphatic heterocycles. The van der Waals surface area contributed by atoms with Crippen molar-refractivity contribution < 1.29 is 4.79 Å². The molecule has 3 nitrogen and oxygen atoms in total. The van der Waals surface area contributed by atoms with Gasteiger partial charge in [-0.25, -0.2) is 0 Å². The molecule has 0 aliphatic rings. The number of hydrogen-bond donors (Lipinski definition) is 2. The number of rotatable bonds is 4. The number of benzene rings is 1. The Morgan fingerprint density at radius 3 is 2.86 bits per heavy atom. The lowest BCUT2D eigenvalue weighted by Crippen LogP contribution is -2.24. The Labute approximate surface area is 135 Å². The van der Waals surface area contributed by atoms with Gasteiger partial charge < -0.3 is 10.3 Å². The first-order chi connectivity index (χ1) is 10.1. The molecule has 0 radical (unpaired) electrons. The fraction of sp³-hybridized carbons (Fsp3) is 0.188. The van der Waals surface area contributed by atoms with Crippen LogP contribution < -0.4 is 5.32 Å². The lowest BCUT2D eigenvalue weighted by Gasteiger charge is -2.04. The number of aromatic amines is 1. The molecule has 5 heteroatoms. The van der Waals surface area contributed by atoms with Gasteiger partial charge in [-0.15, -0.1) is 11.3 Å². The predicted octanol–water partition coefficient (Wildman–Crippen LogP) is 4.16. The Balaban J connectivity index is 1.70. The average Bonchev–Trinajstić information content (AvgIpc) is 3.01. The summed E-state index contributed by atoms with van der Waals surface area (Å²) >= 11 is 5.07. The van der Waals surface area contributed by atoms with E-state index >= 15 is 0 Å². The molecule has 0 aliphatic carbocycles. The van der Waals surface area contributed by atoms with Crippen molar-refractivity contribution in [1.82, 2.24) is 10.3 Å². The van der Waals surface area contributed by atoms with Crippen molar-refractivity contribution in [2.45, 2.75) is 19.9 Å². The van der Waals surface area contributed by atoms with Gasteiger partial charge in [-0.1, -0.05) is 18.2 Å². The Kier molecular flexibility index (Phi) is 4.12. The van der Waals surface area contributed by atoms with Gasteiger partial charge in [0.1, 0.15) is 0 Å². The molecule has 0 unspecified atom stereocenters. The first kappa shape index (κ1) is 14.4. The molecular weight excluding hydrogens is 348 g/mol. The Hall–Kier alpha value is -1.59. The van der Waals surface area contributed by atoms with Crippen LogP contribution in [0.1, 0.15) is 16.1 Å². The highest BCUT2D eigenvalue weighted by molar-refractivity contribution is 9.11. The molecule has 2 N–H and O–H groups in total. The van der Waals surface area contributed by atoms with Crippen LogP contribution in [0.15, 0.2) is 40.2 Å². The first-order valence-electron chi connectivity index (χ1n) is 6.70. The third-order valence-corrected chi connectivity index (χ3v) is 5.08. The molecule has 108 valence electrons. The maximum Gasteiger partial charge on any atom is 0.224 e. The summed E-state index contributed by atoms with van der Waals surface area (Å²) in [4.78, 5) is 16.6. The number of thiophene rings is 1. The van der Waals surface area contributed by atoms with Crippen LogP contribution in [0.4, 0.5) is 0 Å². The topological polar surface area (TPSA) is 44.9 Å². The van der Waals surface area contributed by atoms with E-state index in [1.165, 1.54) is 0 Å². The maximum absolute atomic E-state index is 12.2. The highest BCUT2D eigenvalue weighted by atomic mass is 79.9. The van der Waals surface area contributed by atoms with Gasteiger partial charge in [-0.2, -0.15) is 0 Å². The zero-order chi connectivity index (χ0) is 14.8. The van der Waals surface area contributed by atoms with Crippen molar-refractivity contribution >= 4 is 44.1 Å². The third-order valence-electron chi connectivity index (χ3n) is 3.45. The monoisotopic (exact) mass is 362 g/mol. The van der Waals surface area contributed by atoms with E-state index in [4.69, 9.17) is 0 Å². The lowest BCUT2D eigenvalue weighted by molar-refractivity contribution is -0.120. The smallest absolute Gasteiger partial charge is 0.224 e. The van der Waals surface area contributed by atoms with Crippen LogP contribution in [-0.2, 0) is 17.8 Å². The molecule has 2 aromatic heterocycles. The van der Waals surface area contributed by atoms with Crippen molar-refractivity contribution in [2.75, 3.05) is 0 Å². The molecule has 0 saturated heterocycles. The zero-order valence-corrected chi connectivity index (χ0v) is 14.0. The van der Waals surface area contributed by atoms with Crippen molar-refractivity contribution in [3.8, 4) is 0 Å². The summed E-state index contributed by atoms with van der Waals surface area (Å²) in [6, 6.07) is 12.1. The SMILES string of the molecule is Cc1[nH]c2ccccc2c1CC(=O)NCc1ccc(Br)s1. The van der Waals surface area contributed by atoms with Crippen LogP contribution in [0, 0.1) is 6.92 Å². The van der Waals surface area contributed by atoms with E-state index in [0.29, 0.717) is 13.0 Å². The van der Waals surface area contributed by atoms with E-state index in [9.17, 15) is 4.79 Å². The van der Waals surface area contributed by atoms with Crippen LogP contribution in [0.3, 0.4) is 0 Å². The number of para-hydroxylation sites is 1. The number of aryl methyl sites for hydroxylation is 1. The van der Waals surface area contributed by atoms with E-state index in [0.717, 1.165) is 30.8 Å². The van der Waals surface area contributed by atoms with Crippen LogP contribution in [0.25, 0.3) is 10.9 Å². The summed E-state index contributed by atoms with van der Waals surface area (Å²) in [5, 5.41) is 4.11. The van der Waals surface area contributed by atoms with Crippen LogP contribution in [0.5, 0.6) is 0 Å². The van der Waals surface area contributed by atoms with E-state index < -0.39 is 0 Å². The number of fused-ring (bicyclic) bond motifs is 1. The summed E-state index contributed by atoms with van der Waals surface area (Å²) in [7, 11) is 0. The van der Waals surface area contributed by atoms with Gasteiger partial charge in [-0.05, 0) is 46.6 Å². The fourth-order valence-electron chi connectivity index (χ4n) is 2.42. The van der Waals surface area contributed by atoms with E-state index in [1.54, 1.807) is 11.3 Å². The molecule has 3 rings (SSSR count). The van der Waals surface area contributed by atoms with Crippen molar-refractivity contribution in [3.63, 3.8) is 0 Å². The normalized spacial score (nSPS) is 11.0. The van der Waals surface area contributed by atoms with Gasteiger partial charge in [0, 0.05) is 21.5 Å². The third kappa shape index (κ3) is 3.19. The highest BCUT2D eigenvalue weighted by Crippen LogP contribution is 2.23. The van der Waals surface area contributed by atoms with Crippen molar-refractivity contribution in [1.29, 1.82) is 0 Å². The molecule has 3 aromatic rings. The van der Waals surface area contributed by atoms with E-state index in [-0.39, 0.29) is 5.91 Å². The number of amides is 1. The molecule has 1 aromatic carbocycles. The van der Waals surface area contributed by atoms with Gasteiger partial charge in [0.25, 0.3) is 0 Å². The second kappa shape index (κ2) is 6.03. The minimum absolute atomic E-state index is 0.0485. The number of nitrogens with one attached hydrogen (secondary N) is 2. The van der Waals surface area contributed by atoms with E-state index in [1.807, 2.05) is 37.3 Å². The molecule has 21 heavy (non-hydrogen) atoms. The predicted molar refractivity (Wildman–Crippen MR) is 90.6 cm³/mol.